The molecular weight excluding hydrogens is 298 g/mol. The summed E-state index contributed by atoms with van der Waals surface area (Å²) < 4.78 is 27.1. The maximum Gasteiger partial charge on any atom is 0.406 e. The molecule has 1 fully saturated rings. The first-order valence-corrected chi connectivity index (χ1v) is 16.5. The lowest BCUT2D eigenvalue weighted by atomic mass is 10.8. The summed E-state index contributed by atoms with van der Waals surface area (Å²) in [6.07, 6.45) is 0. The molecule has 0 aromatic carbocycles. The summed E-state index contributed by atoms with van der Waals surface area (Å²) in [4.78, 5) is 0. The van der Waals surface area contributed by atoms with Crippen molar-refractivity contribution in [1.29, 1.82) is 0 Å². The second-order valence-electron chi connectivity index (χ2n) is 5.72. The molecule has 0 saturated carbocycles. The fourth-order valence-corrected chi connectivity index (χ4v) is 20.2. The van der Waals surface area contributed by atoms with E-state index in [1.54, 1.807) is 0 Å². The summed E-state index contributed by atoms with van der Waals surface area (Å²) in [5.74, 6) is 0. The van der Waals surface area contributed by atoms with E-state index in [0.717, 1.165) is 6.54 Å². The van der Waals surface area contributed by atoms with Gasteiger partial charge in [-0.15, -0.1) is 0 Å². The van der Waals surface area contributed by atoms with Crippen molar-refractivity contribution in [3.8, 4) is 0 Å². The third kappa shape index (κ3) is 4.35. The Morgan fingerprint density at radius 2 is 1.33 bits per heavy atom. The molecule has 0 bridgehead atoms. The van der Waals surface area contributed by atoms with Crippen LogP contribution in [0, 0.1) is 0 Å². The molecule has 0 spiro atoms. The minimum absolute atomic E-state index is 0.907. The number of rotatable bonds is 2. The van der Waals surface area contributed by atoms with Crippen molar-refractivity contribution in [3.63, 3.8) is 0 Å². The first-order chi connectivity index (χ1) is 8.00. The molecule has 18 heavy (non-hydrogen) atoms. The monoisotopic (exact) mass is 325 g/mol. The minimum atomic E-state index is -2.39. The Morgan fingerprint density at radius 1 is 0.944 bits per heavy atom. The average molecular weight is 326 g/mol. The van der Waals surface area contributed by atoms with Gasteiger partial charge in [-0.1, -0.05) is 6.92 Å². The molecule has 0 aliphatic carbocycles. The summed E-state index contributed by atoms with van der Waals surface area (Å²) in [5.41, 5.74) is 0. The third-order valence-electron chi connectivity index (χ3n) is 2.94. The Labute approximate surface area is 116 Å². The van der Waals surface area contributed by atoms with Gasteiger partial charge < -0.3 is 16.5 Å². The molecule has 1 heterocycles. The third-order valence-corrected chi connectivity index (χ3v) is 18.8. The van der Waals surface area contributed by atoms with Crippen molar-refractivity contribution in [3.05, 3.63) is 0 Å². The van der Waals surface area contributed by atoms with Crippen LogP contribution in [0.3, 0.4) is 0 Å². The van der Waals surface area contributed by atoms with E-state index in [1.807, 2.05) is 0 Å². The van der Waals surface area contributed by atoms with Crippen LogP contribution in [-0.4, -0.2) is 53.3 Å². The van der Waals surface area contributed by atoms with Crippen LogP contribution in [0.5, 0.6) is 0 Å². The van der Waals surface area contributed by atoms with E-state index in [2.05, 4.69) is 57.8 Å². The van der Waals surface area contributed by atoms with Crippen molar-refractivity contribution in [1.82, 2.24) is 4.57 Å². The highest BCUT2D eigenvalue weighted by molar-refractivity contribution is 6.88. The molecular formula is C9H27NO4Si4. The van der Waals surface area contributed by atoms with Gasteiger partial charge in [0.15, 0.2) is 0 Å². The second kappa shape index (κ2) is 5.58. The van der Waals surface area contributed by atoms with Crippen LogP contribution in [0.25, 0.3) is 0 Å². The van der Waals surface area contributed by atoms with Crippen LogP contribution in [-0.2, 0) is 16.5 Å². The fourth-order valence-electron chi connectivity index (χ4n) is 2.25. The van der Waals surface area contributed by atoms with E-state index in [0.29, 0.717) is 0 Å². The predicted molar refractivity (Wildman–Crippen MR) is 82.2 cm³/mol. The number of hydrogen-bond donors (Lipinski definition) is 0. The maximum absolute atomic E-state index is 6.37. The Hall–Kier alpha value is 0.668. The molecule has 0 radical (unpaired) electrons. The highest BCUT2D eigenvalue weighted by atomic mass is 28.5. The Balaban J connectivity index is 3.02. The standard InChI is InChI=1S/C9H27NO4Si4/c1-9-10(2)18(8)13-16(4,5)11-15(3)12-17(6,7)14-18/h15H,9H2,1-8H3. The van der Waals surface area contributed by atoms with Gasteiger partial charge in [0.25, 0.3) is 0 Å². The van der Waals surface area contributed by atoms with Gasteiger partial charge in [0.05, 0.1) is 0 Å². The molecule has 0 unspecified atom stereocenters. The minimum Gasteiger partial charge on any atom is -0.418 e. The van der Waals surface area contributed by atoms with E-state index in [4.69, 9.17) is 16.5 Å². The zero-order valence-corrected chi connectivity index (χ0v) is 17.0. The quantitative estimate of drug-likeness (QED) is 0.725. The molecule has 9 heteroatoms. The fraction of sp³-hybridized carbons (Fsp3) is 1.00. The summed E-state index contributed by atoms with van der Waals surface area (Å²) in [5, 5.41) is 0. The van der Waals surface area contributed by atoms with Crippen LogP contribution < -0.4 is 0 Å². The number of nitrogens with zero attached hydrogens (tertiary/aromatic N) is 1. The molecule has 0 N–H and O–H groups in total. The van der Waals surface area contributed by atoms with Gasteiger partial charge in [-0.25, -0.2) is 0 Å². The predicted octanol–water partition coefficient (Wildman–Crippen LogP) is 1.84. The molecule has 1 rings (SSSR count). The summed E-state index contributed by atoms with van der Waals surface area (Å²) in [6, 6.07) is 0. The van der Waals surface area contributed by atoms with E-state index < -0.39 is 35.1 Å². The zero-order chi connectivity index (χ0) is 14.2. The first kappa shape index (κ1) is 16.7. The lowest BCUT2D eigenvalue weighted by Crippen LogP contribution is -2.67. The van der Waals surface area contributed by atoms with E-state index in [1.165, 1.54) is 0 Å². The molecule has 0 aromatic heterocycles. The van der Waals surface area contributed by atoms with Crippen LogP contribution >= 0.6 is 0 Å². The molecule has 1 aliphatic rings. The normalized spacial score (nSPS) is 36.2. The highest BCUT2D eigenvalue weighted by Crippen LogP contribution is 2.27. The van der Waals surface area contributed by atoms with Crippen molar-refractivity contribution < 1.29 is 16.5 Å². The van der Waals surface area contributed by atoms with E-state index in [-0.39, 0.29) is 0 Å². The molecule has 5 nitrogen and oxygen atoms in total. The first-order valence-electron chi connectivity index (χ1n) is 6.47. The van der Waals surface area contributed by atoms with Gasteiger partial charge in [0.1, 0.15) is 0 Å². The molecule has 0 amide bonds. The molecule has 0 aromatic rings. The summed E-state index contributed by atoms with van der Waals surface area (Å²) in [6.45, 7) is 15.5. The summed E-state index contributed by atoms with van der Waals surface area (Å²) >= 11 is 0. The smallest absolute Gasteiger partial charge is 0.406 e. The average Bonchev–Trinajstić information content (AvgIpc) is 2.09. The molecule has 1 saturated heterocycles. The van der Waals surface area contributed by atoms with E-state index in [9.17, 15) is 0 Å². The largest absolute Gasteiger partial charge is 0.418 e. The van der Waals surface area contributed by atoms with Gasteiger partial charge in [0, 0.05) is 0 Å². The van der Waals surface area contributed by atoms with Crippen molar-refractivity contribution in [2.45, 2.75) is 46.2 Å². The molecule has 108 valence electrons. The topological polar surface area (TPSA) is 40.2 Å². The lowest BCUT2D eigenvalue weighted by Gasteiger charge is -2.47. The summed E-state index contributed by atoms with van der Waals surface area (Å²) in [7, 11) is -6.29. The zero-order valence-electron chi connectivity index (χ0n) is 12.9. The van der Waals surface area contributed by atoms with E-state index >= 15 is 0 Å². The number of hydrogen-bond acceptors (Lipinski definition) is 5. The van der Waals surface area contributed by atoms with Gasteiger partial charge >= 0.3 is 35.1 Å². The Bertz CT molecular complexity index is 282. The lowest BCUT2D eigenvalue weighted by molar-refractivity contribution is 0.204. The van der Waals surface area contributed by atoms with Crippen molar-refractivity contribution >= 4 is 35.1 Å². The Kier molecular flexibility index (Phi) is 5.18. The van der Waals surface area contributed by atoms with Gasteiger partial charge in [-0.05, 0) is 52.9 Å². The van der Waals surface area contributed by atoms with Gasteiger partial charge in [-0.3, -0.25) is 4.57 Å². The highest BCUT2D eigenvalue weighted by Gasteiger charge is 2.51. The molecule has 1 aliphatic heterocycles. The van der Waals surface area contributed by atoms with Crippen molar-refractivity contribution in [2.75, 3.05) is 13.6 Å². The maximum atomic E-state index is 6.37. The van der Waals surface area contributed by atoms with Gasteiger partial charge in [-0.2, -0.15) is 0 Å². The van der Waals surface area contributed by atoms with Crippen molar-refractivity contribution in [2.24, 2.45) is 0 Å². The molecule has 0 atom stereocenters. The Morgan fingerprint density at radius 3 is 1.67 bits per heavy atom. The van der Waals surface area contributed by atoms with Crippen LogP contribution in [0.15, 0.2) is 0 Å². The SMILES string of the molecule is CCN(C)[Si]1(C)O[Si](C)(C)O[SiH](C)O[Si](C)(C)O1. The second-order valence-corrected chi connectivity index (χ2v) is 18.5. The van der Waals surface area contributed by atoms with Gasteiger partial charge in [0.2, 0.25) is 0 Å². The van der Waals surface area contributed by atoms with Crippen LogP contribution in [0.4, 0.5) is 0 Å². The van der Waals surface area contributed by atoms with Crippen LogP contribution in [0.1, 0.15) is 6.92 Å². The van der Waals surface area contributed by atoms with Crippen LogP contribution in [0.2, 0.25) is 39.3 Å².